The van der Waals surface area contributed by atoms with Gasteiger partial charge in [-0.05, 0) is 18.9 Å². The molecule has 0 radical (unpaired) electrons. The lowest BCUT2D eigenvalue weighted by Gasteiger charge is -2.63. The summed E-state index contributed by atoms with van der Waals surface area (Å²) in [6.45, 7) is 16.4. The molecule has 3 heterocycles. The highest BCUT2D eigenvalue weighted by molar-refractivity contribution is 5.78. The molecule has 0 N–H and O–H groups in total. The quantitative estimate of drug-likeness (QED) is 0.781. The van der Waals surface area contributed by atoms with Crippen LogP contribution in [-0.2, 0) is 9.53 Å². The second-order valence-electron chi connectivity index (χ2n) is 8.41. The van der Waals surface area contributed by atoms with E-state index in [-0.39, 0.29) is 11.5 Å². The Morgan fingerprint density at radius 2 is 1.96 bits per heavy atom. The van der Waals surface area contributed by atoms with Crippen molar-refractivity contribution in [2.45, 2.75) is 45.7 Å². The molecular formula is C18H33N3O2. The molecule has 23 heavy (non-hydrogen) atoms. The summed E-state index contributed by atoms with van der Waals surface area (Å²) in [5.41, 5.74) is 0.175. The van der Waals surface area contributed by atoms with Crippen molar-refractivity contribution >= 4 is 5.91 Å². The molecule has 132 valence electrons. The summed E-state index contributed by atoms with van der Waals surface area (Å²) < 4.78 is 5.70. The monoisotopic (exact) mass is 323 g/mol. The molecule has 1 atom stereocenters. The molecule has 0 bridgehead atoms. The number of nitrogens with zero attached hydrogens (tertiary/aromatic N) is 3. The average molecular weight is 323 g/mol. The van der Waals surface area contributed by atoms with Gasteiger partial charge in [0.15, 0.2) is 0 Å². The van der Waals surface area contributed by atoms with Gasteiger partial charge in [-0.1, -0.05) is 27.7 Å². The van der Waals surface area contributed by atoms with Gasteiger partial charge in [-0.2, -0.15) is 0 Å². The Bertz CT molecular complexity index is 432. The molecule has 1 spiro atoms. The Labute approximate surface area is 140 Å². The van der Waals surface area contributed by atoms with E-state index >= 15 is 0 Å². The van der Waals surface area contributed by atoms with Crippen LogP contribution in [0.25, 0.3) is 0 Å². The SMILES string of the molecule is CC(C)CCN1CC2(C1)CN(C(=O)C(C)C)CC1COCCN12. The molecule has 0 aliphatic carbocycles. The summed E-state index contributed by atoms with van der Waals surface area (Å²) in [6, 6.07) is 0.382. The van der Waals surface area contributed by atoms with Crippen LogP contribution in [0, 0.1) is 11.8 Å². The highest BCUT2D eigenvalue weighted by Crippen LogP contribution is 2.36. The van der Waals surface area contributed by atoms with Gasteiger partial charge in [-0.25, -0.2) is 0 Å². The molecule has 5 nitrogen and oxygen atoms in total. The van der Waals surface area contributed by atoms with Crippen LogP contribution in [0.1, 0.15) is 34.1 Å². The first-order valence-corrected chi connectivity index (χ1v) is 9.27. The number of piperazine rings is 1. The number of carbonyl (C=O) groups is 1. The van der Waals surface area contributed by atoms with Gasteiger partial charge in [0.25, 0.3) is 0 Å². The Morgan fingerprint density at radius 3 is 2.61 bits per heavy atom. The minimum absolute atomic E-state index is 0.0835. The highest BCUT2D eigenvalue weighted by Gasteiger charge is 2.54. The van der Waals surface area contributed by atoms with Gasteiger partial charge >= 0.3 is 0 Å². The van der Waals surface area contributed by atoms with E-state index in [2.05, 4.69) is 28.5 Å². The molecular weight excluding hydrogens is 290 g/mol. The number of ether oxygens (including phenoxy) is 1. The third kappa shape index (κ3) is 3.42. The molecule has 3 aliphatic heterocycles. The van der Waals surface area contributed by atoms with Crippen molar-refractivity contribution in [1.29, 1.82) is 0 Å². The van der Waals surface area contributed by atoms with Crippen molar-refractivity contribution in [2.75, 3.05) is 52.5 Å². The third-order valence-electron chi connectivity index (χ3n) is 5.62. The number of amides is 1. The van der Waals surface area contributed by atoms with E-state index in [9.17, 15) is 4.79 Å². The Kier molecular flexibility index (Phi) is 5.00. The first-order valence-electron chi connectivity index (χ1n) is 9.27. The molecule has 0 saturated carbocycles. The van der Waals surface area contributed by atoms with Gasteiger partial charge < -0.3 is 9.64 Å². The number of hydrogen-bond acceptors (Lipinski definition) is 4. The van der Waals surface area contributed by atoms with E-state index in [0.29, 0.717) is 11.9 Å². The first-order chi connectivity index (χ1) is 10.9. The summed E-state index contributed by atoms with van der Waals surface area (Å²) in [4.78, 5) is 19.9. The molecule has 0 aromatic carbocycles. The molecule has 5 heteroatoms. The predicted octanol–water partition coefficient (Wildman–Crippen LogP) is 1.29. The summed E-state index contributed by atoms with van der Waals surface area (Å²) >= 11 is 0. The van der Waals surface area contributed by atoms with Crippen molar-refractivity contribution in [1.82, 2.24) is 14.7 Å². The van der Waals surface area contributed by atoms with E-state index in [1.54, 1.807) is 0 Å². The van der Waals surface area contributed by atoms with Gasteiger partial charge in [-0.15, -0.1) is 0 Å². The number of carbonyl (C=O) groups excluding carboxylic acids is 1. The van der Waals surface area contributed by atoms with Gasteiger partial charge in [0.2, 0.25) is 5.91 Å². The standard InChI is InChI=1S/C18H33N3O2/c1-14(2)5-6-19-11-18(12-19)13-20(17(22)15(3)4)9-16-10-23-8-7-21(16)18/h14-16H,5-13H2,1-4H3. The maximum atomic E-state index is 12.5. The third-order valence-corrected chi connectivity index (χ3v) is 5.62. The molecule has 3 saturated heterocycles. The van der Waals surface area contributed by atoms with Gasteiger partial charge in [0, 0.05) is 38.6 Å². The number of hydrogen-bond donors (Lipinski definition) is 0. The van der Waals surface area contributed by atoms with E-state index in [1.807, 2.05) is 13.8 Å². The highest BCUT2D eigenvalue weighted by atomic mass is 16.5. The van der Waals surface area contributed by atoms with Crippen LogP contribution < -0.4 is 0 Å². The van der Waals surface area contributed by atoms with Crippen molar-refractivity contribution in [3.8, 4) is 0 Å². The largest absolute Gasteiger partial charge is 0.378 e. The van der Waals surface area contributed by atoms with Crippen molar-refractivity contribution < 1.29 is 9.53 Å². The molecule has 1 amide bonds. The van der Waals surface area contributed by atoms with Crippen molar-refractivity contribution in [2.24, 2.45) is 11.8 Å². The average Bonchev–Trinajstić information content (AvgIpc) is 2.49. The van der Waals surface area contributed by atoms with Crippen LogP contribution in [0.4, 0.5) is 0 Å². The molecule has 3 aliphatic rings. The normalized spacial score (nSPS) is 28.3. The van der Waals surface area contributed by atoms with Crippen LogP contribution in [-0.4, -0.2) is 84.7 Å². The van der Waals surface area contributed by atoms with Crippen molar-refractivity contribution in [3.05, 3.63) is 0 Å². The van der Waals surface area contributed by atoms with Crippen LogP contribution in [0.2, 0.25) is 0 Å². The smallest absolute Gasteiger partial charge is 0.225 e. The summed E-state index contributed by atoms with van der Waals surface area (Å²) in [5.74, 6) is 1.14. The Hall–Kier alpha value is -0.650. The Morgan fingerprint density at radius 1 is 1.22 bits per heavy atom. The van der Waals surface area contributed by atoms with Gasteiger partial charge in [0.05, 0.1) is 24.8 Å². The van der Waals surface area contributed by atoms with Crippen molar-refractivity contribution in [3.63, 3.8) is 0 Å². The summed E-state index contributed by atoms with van der Waals surface area (Å²) in [5, 5.41) is 0. The molecule has 1 unspecified atom stereocenters. The zero-order chi connectivity index (χ0) is 16.6. The van der Waals surface area contributed by atoms with E-state index < -0.39 is 0 Å². The summed E-state index contributed by atoms with van der Waals surface area (Å²) in [6.07, 6.45) is 1.26. The lowest BCUT2D eigenvalue weighted by molar-refractivity contribution is -0.176. The van der Waals surface area contributed by atoms with Crippen LogP contribution in [0.5, 0.6) is 0 Å². The lowest BCUT2D eigenvalue weighted by Crippen LogP contribution is -2.81. The minimum atomic E-state index is 0.0835. The number of morpholine rings is 1. The molecule has 3 rings (SSSR count). The Balaban J connectivity index is 1.68. The van der Waals surface area contributed by atoms with E-state index in [1.165, 1.54) is 13.0 Å². The minimum Gasteiger partial charge on any atom is -0.378 e. The van der Waals surface area contributed by atoms with E-state index in [0.717, 1.165) is 51.9 Å². The lowest BCUT2D eigenvalue weighted by atomic mass is 9.82. The first kappa shape index (κ1) is 17.2. The molecule has 0 aromatic rings. The van der Waals surface area contributed by atoms with Gasteiger partial charge in [0.1, 0.15) is 0 Å². The fraction of sp³-hybridized carbons (Fsp3) is 0.944. The maximum Gasteiger partial charge on any atom is 0.225 e. The zero-order valence-electron chi connectivity index (χ0n) is 15.3. The molecule has 0 aromatic heterocycles. The number of fused-ring (bicyclic) bond motifs is 2. The fourth-order valence-electron chi connectivity index (χ4n) is 4.40. The van der Waals surface area contributed by atoms with Crippen LogP contribution in [0.3, 0.4) is 0 Å². The zero-order valence-corrected chi connectivity index (χ0v) is 15.3. The second-order valence-corrected chi connectivity index (χ2v) is 8.41. The van der Waals surface area contributed by atoms with E-state index in [4.69, 9.17) is 4.74 Å². The topological polar surface area (TPSA) is 36.0 Å². The number of rotatable bonds is 4. The number of likely N-dealkylation sites (tertiary alicyclic amines) is 1. The predicted molar refractivity (Wildman–Crippen MR) is 91.4 cm³/mol. The fourth-order valence-corrected chi connectivity index (χ4v) is 4.40. The second kappa shape index (κ2) is 6.69. The van der Waals surface area contributed by atoms with Crippen LogP contribution >= 0.6 is 0 Å². The summed E-state index contributed by atoms with van der Waals surface area (Å²) in [7, 11) is 0. The maximum absolute atomic E-state index is 12.5. The van der Waals surface area contributed by atoms with Crippen LogP contribution in [0.15, 0.2) is 0 Å². The molecule has 3 fully saturated rings. The van der Waals surface area contributed by atoms with Gasteiger partial charge in [-0.3, -0.25) is 14.6 Å².